The standard InChI is InChI=1S/C10H7BrFNO2/c1-7-8(3-2-4-11)5-9(12)6-10(7)13(14)15/h5-6H,4H2,1H3. The Bertz CT molecular complexity index is 462. The van der Waals surface area contributed by atoms with Crippen LogP contribution in [0, 0.1) is 34.7 Å². The van der Waals surface area contributed by atoms with Gasteiger partial charge in [-0.3, -0.25) is 10.1 Å². The van der Waals surface area contributed by atoms with E-state index in [1.165, 1.54) is 6.07 Å². The Kier molecular flexibility index (Phi) is 3.81. The normalized spacial score (nSPS) is 9.27. The van der Waals surface area contributed by atoms with Gasteiger partial charge < -0.3 is 0 Å². The minimum absolute atomic E-state index is 0.242. The van der Waals surface area contributed by atoms with Crippen LogP contribution in [0.15, 0.2) is 12.1 Å². The molecule has 1 aromatic rings. The lowest BCUT2D eigenvalue weighted by Crippen LogP contribution is -1.96. The zero-order valence-corrected chi connectivity index (χ0v) is 9.47. The third kappa shape index (κ3) is 2.77. The molecule has 3 nitrogen and oxygen atoms in total. The summed E-state index contributed by atoms with van der Waals surface area (Å²) in [6.45, 7) is 1.55. The number of hydrogen-bond donors (Lipinski definition) is 0. The molecule has 0 saturated carbocycles. The van der Waals surface area contributed by atoms with Gasteiger partial charge in [-0.2, -0.15) is 0 Å². The van der Waals surface area contributed by atoms with Crippen molar-refractivity contribution in [1.29, 1.82) is 0 Å². The van der Waals surface area contributed by atoms with Crippen molar-refractivity contribution in [3.63, 3.8) is 0 Å². The highest BCUT2D eigenvalue weighted by Crippen LogP contribution is 2.22. The topological polar surface area (TPSA) is 43.1 Å². The molecule has 0 aliphatic carbocycles. The van der Waals surface area contributed by atoms with Crippen LogP contribution in [0.4, 0.5) is 10.1 Å². The van der Waals surface area contributed by atoms with E-state index in [2.05, 4.69) is 27.8 Å². The lowest BCUT2D eigenvalue weighted by Gasteiger charge is -2.00. The smallest absolute Gasteiger partial charge is 0.258 e. The van der Waals surface area contributed by atoms with Crippen LogP contribution in [-0.2, 0) is 0 Å². The quantitative estimate of drug-likeness (QED) is 0.341. The summed E-state index contributed by atoms with van der Waals surface area (Å²) in [5.74, 6) is 4.69. The minimum Gasteiger partial charge on any atom is -0.258 e. The lowest BCUT2D eigenvalue weighted by molar-refractivity contribution is -0.385. The third-order valence-electron chi connectivity index (χ3n) is 1.83. The number of benzene rings is 1. The van der Waals surface area contributed by atoms with Gasteiger partial charge >= 0.3 is 0 Å². The average molecular weight is 272 g/mol. The zero-order chi connectivity index (χ0) is 11.4. The van der Waals surface area contributed by atoms with Crippen molar-refractivity contribution in [2.45, 2.75) is 6.92 Å². The van der Waals surface area contributed by atoms with Gasteiger partial charge in [0.15, 0.2) is 0 Å². The maximum absolute atomic E-state index is 13.0. The molecule has 0 amide bonds. The molecule has 0 aromatic heterocycles. The fraction of sp³-hybridized carbons (Fsp3) is 0.200. The van der Waals surface area contributed by atoms with Crippen molar-refractivity contribution >= 4 is 21.6 Å². The summed E-state index contributed by atoms with van der Waals surface area (Å²) < 4.78 is 13.0. The van der Waals surface area contributed by atoms with Crippen LogP contribution >= 0.6 is 15.9 Å². The maximum Gasteiger partial charge on any atom is 0.276 e. The molecule has 0 N–H and O–H groups in total. The Morgan fingerprint density at radius 2 is 2.27 bits per heavy atom. The van der Waals surface area contributed by atoms with Gasteiger partial charge in [0.1, 0.15) is 5.82 Å². The summed E-state index contributed by atoms with van der Waals surface area (Å²) in [5.41, 5.74) is 0.491. The molecule has 1 aromatic carbocycles. The van der Waals surface area contributed by atoms with Crippen LogP contribution in [0.25, 0.3) is 0 Å². The van der Waals surface area contributed by atoms with Gasteiger partial charge in [0.2, 0.25) is 0 Å². The number of rotatable bonds is 1. The number of halogens is 2. The number of nitro groups is 1. The van der Waals surface area contributed by atoms with Crippen molar-refractivity contribution in [1.82, 2.24) is 0 Å². The van der Waals surface area contributed by atoms with Crippen LogP contribution in [0.1, 0.15) is 11.1 Å². The first kappa shape index (κ1) is 11.7. The summed E-state index contributed by atoms with van der Waals surface area (Å²) in [7, 11) is 0. The Hall–Kier alpha value is -1.41. The number of nitro benzene ring substituents is 1. The van der Waals surface area contributed by atoms with E-state index in [1.54, 1.807) is 6.92 Å². The Morgan fingerprint density at radius 3 is 2.80 bits per heavy atom. The van der Waals surface area contributed by atoms with E-state index >= 15 is 0 Å². The molecule has 0 radical (unpaired) electrons. The van der Waals surface area contributed by atoms with E-state index in [1.807, 2.05) is 0 Å². The largest absolute Gasteiger partial charge is 0.276 e. The van der Waals surface area contributed by atoms with Gasteiger partial charge in [-0.05, 0) is 13.0 Å². The van der Waals surface area contributed by atoms with Crippen molar-refractivity contribution < 1.29 is 9.31 Å². The van der Waals surface area contributed by atoms with Crippen LogP contribution in [0.3, 0.4) is 0 Å². The molecule has 0 aliphatic rings. The highest BCUT2D eigenvalue weighted by molar-refractivity contribution is 9.09. The molecular weight excluding hydrogens is 265 g/mol. The van der Waals surface area contributed by atoms with Gasteiger partial charge in [0.05, 0.1) is 16.3 Å². The Labute approximate surface area is 94.6 Å². The minimum atomic E-state index is -0.647. The SMILES string of the molecule is Cc1c(C#CCBr)cc(F)cc1[N+](=O)[O-]. The second-order valence-corrected chi connectivity index (χ2v) is 3.35. The van der Waals surface area contributed by atoms with Crippen LogP contribution in [0.2, 0.25) is 0 Å². The molecule has 5 heteroatoms. The maximum atomic E-state index is 13.0. The van der Waals surface area contributed by atoms with Gasteiger partial charge in [-0.1, -0.05) is 27.8 Å². The van der Waals surface area contributed by atoms with E-state index < -0.39 is 10.7 Å². The van der Waals surface area contributed by atoms with Gasteiger partial charge in [0, 0.05) is 11.1 Å². The number of hydrogen-bond acceptors (Lipinski definition) is 2. The molecule has 1 rings (SSSR count). The summed E-state index contributed by atoms with van der Waals surface area (Å²) in [6.07, 6.45) is 0. The molecule has 0 spiro atoms. The van der Waals surface area contributed by atoms with Gasteiger partial charge in [0.25, 0.3) is 5.69 Å². The second kappa shape index (κ2) is 4.89. The van der Waals surface area contributed by atoms with Gasteiger partial charge in [-0.25, -0.2) is 4.39 Å². The summed E-state index contributed by atoms with van der Waals surface area (Å²) in [6, 6.07) is 2.09. The van der Waals surface area contributed by atoms with Crippen LogP contribution in [-0.4, -0.2) is 10.3 Å². The zero-order valence-electron chi connectivity index (χ0n) is 7.88. The number of alkyl halides is 1. The predicted octanol–water partition coefficient (Wildman–Crippen LogP) is 2.79. The highest BCUT2D eigenvalue weighted by Gasteiger charge is 2.15. The molecule has 0 unspecified atom stereocenters. The fourth-order valence-corrected chi connectivity index (χ4v) is 1.25. The first-order chi connectivity index (χ1) is 7.06. The molecule has 0 atom stereocenters. The van der Waals surface area contributed by atoms with E-state index in [4.69, 9.17) is 0 Å². The molecule has 0 fully saturated rings. The van der Waals surface area contributed by atoms with E-state index in [0.29, 0.717) is 16.5 Å². The molecular formula is C10H7BrFNO2. The van der Waals surface area contributed by atoms with Crippen LogP contribution in [0.5, 0.6) is 0 Å². The summed E-state index contributed by atoms with van der Waals surface area (Å²) in [5, 5.41) is 11.0. The van der Waals surface area contributed by atoms with Gasteiger partial charge in [-0.15, -0.1) is 0 Å². The van der Waals surface area contributed by atoms with E-state index in [-0.39, 0.29) is 5.69 Å². The van der Waals surface area contributed by atoms with Crippen LogP contribution < -0.4 is 0 Å². The number of nitrogens with zero attached hydrogens (tertiary/aromatic N) is 1. The molecule has 78 valence electrons. The second-order valence-electron chi connectivity index (χ2n) is 2.79. The molecule has 0 heterocycles. The summed E-state index contributed by atoms with van der Waals surface area (Å²) in [4.78, 5) is 9.97. The van der Waals surface area contributed by atoms with Crippen molar-refractivity contribution in [3.8, 4) is 11.8 Å². The fourth-order valence-electron chi connectivity index (χ4n) is 1.11. The molecule has 0 bridgehead atoms. The Balaban J connectivity index is 3.34. The van der Waals surface area contributed by atoms with E-state index in [0.717, 1.165) is 6.07 Å². The first-order valence-electron chi connectivity index (χ1n) is 4.05. The molecule has 0 saturated heterocycles. The van der Waals surface area contributed by atoms with E-state index in [9.17, 15) is 14.5 Å². The first-order valence-corrected chi connectivity index (χ1v) is 5.17. The van der Waals surface area contributed by atoms with Crippen molar-refractivity contribution in [2.75, 3.05) is 5.33 Å². The third-order valence-corrected chi connectivity index (χ3v) is 2.11. The van der Waals surface area contributed by atoms with Crippen molar-refractivity contribution in [3.05, 3.63) is 39.2 Å². The highest BCUT2D eigenvalue weighted by atomic mass is 79.9. The van der Waals surface area contributed by atoms with Crippen molar-refractivity contribution in [2.24, 2.45) is 0 Å². The summed E-state index contributed by atoms with van der Waals surface area (Å²) >= 11 is 3.10. The molecule has 0 aliphatic heterocycles. The average Bonchev–Trinajstić information content (AvgIpc) is 2.18. The predicted molar refractivity (Wildman–Crippen MR) is 58.5 cm³/mol. The monoisotopic (exact) mass is 271 g/mol. The molecule has 15 heavy (non-hydrogen) atoms. The Morgan fingerprint density at radius 1 is 1.60 bits per heavy atom. The lowest BCUT2D eigenvalue weighted by atomic mass is 10.1.